The summed E-state index contributed by atoms with van der Waals surface area (Å²) < 4.78 is 1.83. The Bertz CT molecular complexity index is 939. The smallest absolute Gasteiger partial charge is 0.277 e. The molecule has 116 valence electrons. The van der Waals surface area contributed by atoms with Crippen molar-refractivity contribution in [3.8, 4) is 5.75 Å². The van der Waals surface area contributed by atoms with Gasteiger partial charge in [-0.2, -0.15) is 5.10 Å². The highest BCUT2D eigenvalue weighted by molar-refractivity contribution is 9.10. The molecule has 0 atom stereocenters. The number of amides is 1. The number of nitrogens with one attached hydrogen (secondary N) is 1. The summed E-state index contributed by atoms with van der Waals surface area (Å²) in [4.78, 5) is 26.4. The zero-order valence-corrected chi connectivity index (χ0v) is 12.9. The number of non-ortho nitro benzene ring substituents is 1. The van der Waals surface area contributed by atoms with E-state index in [9.17, 15) is 20.0 Å². The summed E-state index contributed by atoms with van der Waals surface area (Å²) in [6.07, 6.45) is 3.19. The number of fused-ring (bicyclic) bond motifs is 1. The minimum absolute atomic E-state index is 0.0394. The maximum Gasteiger partial charge on any atom is 0.277 e. The summed E-state index contributed by atoms with van der Waals surface area (Å²) >= 11 is 3.26. The van der Waals surface area contributed by atoms with Gasteiger partial charge in [-0.25, -0.2) is 9.50 Å². The molecule has 3 rings (SSSR count). The van der Waals surface area contributed by atoms with E-state index in [1.54, 1.807) is 18.5 Å². The van der Waals surface area contributed by atoms with Crippen LogP contribution < -0.4 is 5.32 Å². The van der Waals surface area contributed by atoms with Crippen molar-refractivity contribution >= 4 is 38.9 Å². The molecule has 9 nitrogen and oxygen atoms in total. The Labute approximate surface area is 136 Å². The van der Waals surface area contributed by atoms with Gasteiger partial charge in [-0.15, -0.1) is 0 Å². The first-order valence-electron chi connectivity index (χ1n) is 6.25. The molecule has 1 aromatic carbocycles. The summed E-state index contributed by atoms with van der Waals surface area (Å²) in [5.74, 6) is -1.00. The van der Waals surface area contributed by atoms with E-state index >= 15 is 0 Å². The molecule has 0 radical (unpaired) electrons. The first kappa shape index (κ1) is 14.9. The summed E-state index contributed by atoms with van der Waals surface area (Å²) in [6.45, 7) is 0. The van der Waals surface area contributed by atoms with Crippen LogP contribution in [0.3, 0.4) is 0 Å². The largest absolute Gasteiger partial charge is 0.506 e. The molecule has 0 unspecified atom stereocenters. The molecule has 3 aromatic rings. The van der Waals surface area contributed by atoms with Crippen LogP contribution >= 0.6 is 15.9 Å². The van der Waals surface area contributed by atoms with E-state index in [1.165, 1.54) is 16.6 Å². The van der Waals surface area contributed by atoms with Crippen LogP contribution in [0, 0.1) is 10.1 Å². The van der Waals surface area contributed by atoms with Gasteiger partial charge >= 0.3 is 0 Å². The van der Waals surface area contributed by atoms with Gasteiger partial charge in [0.1, 0.15) is 5.75 Å². The van der Waals surface area contributed by atoms with Crippen molar-refractivity contribution in [3.05, 3.63) is 56.9 Å². The van der Waals surface area contributed by atoms with E-state index in [0.29, 0.717) is 10.1 Å². The predicted molar refractivity (Wildman–Crippen MR) is 83.4 cm³/mol. The molecule has 0 aliphatic carbocycles. The fourth-order valence-electron chi connectivity index (χ4n) is 1.92. The van der Waals surface area contributed by atoms with Crippen molar-refractivity contribution in [2.75, 3.05) is 5.32 Å². The van der Waals surface area contributed by atoms with Crippen LogP contribution in [-0.4, -0.2) is 30.5 Å². The molecule has 0 saturated heterocycles. The van der Waals surface area contributed by atoms with Gasteiger partial charge < -0.3 is 10.4 Å². The van der Waals surface area contributed by atoms with Gasteiger partial charge in [0.2, 0.25) is 0 Å². The molecule has 23 heavy (non-hydrogen) atoms. The quantitative estimate of drug-likeness (QED) is 0.410. The minimum atomic E-state index is -0.643. The van der Waals surface area contributed by atoms with Crippen molar-refractivity contribution < 1.29 is 14.8 Å². The maximum atomic E-state index is 12.3. The van der Waals surface area contributed by atoms with Crippen molar-refractivity contribution in [3.63, 3.8) is 0 Å². The second-order valence-electron chi connectivity index (χ2n) is 4.46. The number of phenols is 1. The number of anilines is 1. The van der Waals surface area contributed by atoms with E-state index < -0.39 is 16.6 Å². The number of nitro groups is 1. The maximum absolute atomic E-state index is 12.3. The number of aromatic hydroxyl groups is 1. The molecule has 0 saturated carbocycles. The first-order valence-corrected chi connectivity index (χ1v) is 7.04. The Morgan fingerprint density at radius 1 is 1.43 bits per heavy atom. The topological polar surface area (TPSA) is 123 Å². The lowest BCUT2D eigenvalue weighted by atomic mass is 10.2. The molecule has 10 heteroatoms. The van der Waals surface area contributed by atoms with Crippen LogP contribution in [0.15, 0.2) is 41.1 Å². The third-order valence-electron chi connectivity index (χ3n) is 2.99. The average Bonchev–Trinajstić information content (AvgIpc) is 2.87. The molecular formula is C13H8BrN5O4. The van der Waals surface area contributed by atoms with Crippen LogP contribution in [-0.2, 0) is 0 Å². The van der Waals surface area contributed by atoms with Gasteiger partial charge in [0.05, 0.1) is 21.1 Å². The molecule has 0 bridgehead atoms. The highest BCUT2D eigenvalue weighted by Crippen LogP contribution is 2.29. The number of rotatable bonds is 3. The van der Waals surface area contributed by atoms with Gasteiger partial charge in [0.15, 0.2) is 11.3 Å². The number of aromatic nitrogens is 3. The van der Waals surface area contributed by atoms with Gasteiger partial charge in [-0.1, -0.05) is 0 Å². The number of hydrogen-bond acceptors (Lipinski definition) is 6. The number of nitrogens with zero attached hydrogens (tertiary/aromatic N) is 4. The second-order valence-corrected chi connectivity index (χ2v) is 5.26. The number of halogens is 1. The summed E-state index contributed by atoms with van der Waals surface area (Å²) in [6, 6.07) is 5.04. The van der Waals surface area contributed by atoms with Crippen molar-refractivity contribution in [2.24, 2.45) is 0 Å². The molecule has 0 fully saturated rings. The fourth-order valence-corrected chi connectivity index (χ4v) is 2.47. The van der Waals surface area contributed by atoms with Crippen molar-refractivity contribution in [2.45, 2.75) is 0 Å². The Morgan fingerprint density at radius 2 is 2.22 bits per heavy atom. The number of benzene rings is 1. The van der Waals surface area contributed by atoms with Crippen molar-refractivity contribution in [1.29, 1.82) is 0 Å². The highest BCUT2D eigenvalue weighted by atomic mass is 79.9. The van der Waals surface area contributed by atoms with E-state index in [0.717, 1.165) is 6.07 Å². The molecule has 2 heterocycles. The Kier molecular flexibility index (Phi) is 3.66. The highest BCUT2D eigenvalue weighted by Gasteiger charge is 2.20. The van der Waals surface area contributed by atoms with Gasteiger partial charge in [0.25, 0.3) is 11.6 Å². The summed E-state index contributed by atoms with van der Waals surface area (Å²) in [5.41, 5.74) is 0.295. The monoisotopic (exact) mass is 377 g/mol. The Balaban J connectivity index is 1.92. The number of carbonyl (C=O) groups excluding carboxylic acids is 1. The lowest BCUT2D eigenvalue weighted by Crippen LogP contribution is -2.13. The van der Waals surface area contributed by atoms with Crippen LogP contribution in [0.5, 0.6) is 5.75 Å². The van der Waals surface area contributed by atoms with Crippen molar-refractivity contribution in [1.82, 2.24) is 14.6 Å². The molecule has 2 aromatic heterocycles. The molecule has 0 aliphatic heterocycles. The SMILES string of the molecule is O=C(Nc1ccc([N+](=O)[O-])cc1O)c1nn2cccnc2c1Br. The van der Waals surface area contributed by atoms with E-state index in [4.69, 9.17) is 0 Å². The molecule has 1 amide bonds. The number of nitro benzene ring substituents is 1. The third-order valence-corrected chi connectivity index (χ3v) is 3.72. The number of carbonyl (C=O) groups is 1. The Morgan fingerprint density at radius 3 is 2.87 bits per heavy atom. The second kappa shape index (κ2) is 5.65. The first-order chi connectivity index (χ1) is 11.0. The van der Waals surface area contributed by atoms with E-state index in [2.05, 4.69) is 31.3 Å². The number of phenolic OH excluding ortho intramolecular Hbond substituents is 1. The van der Waals surface area contributed by atoms with Gasteiger partial charge in [-0.05, 0) is 28.1 Å². The van der Waals surface area contributed by atoms with Crippen LogP contribution in [0.25, 0.3) is 5.65 Å². The van der Waals surface area contributed by atoms with Gasteiger partial charge in [-0.3, -0.25) is 14.9 Å². The lowest BCUT2D eigenvalue weighted by molar-refractivity contribution is -0.384. The molecule has 0 aliphatic rings. The molecule has 2 N–H and O–H groups in total. The zero-order chi connectivity index (χ0) is 16.6. The van der Waals surface area contributed by atoms with E-state index in [-0.39, 0.29) is 17.1 Å². The normalized spacial score (nSPS) is 10.7. The Hall–Kier alpha value is -3.01. The summed E-state index contributed by atoms with van der Waals surface area (Å²) in [7, 11) is 0. The summed E-state index contributed by atoms with van der Waals surface area (Å²) in [5, 5.41) is 26.9. The van der Waals surface area contributed by atoms with Crippen LogP contribution in [0.4, 0.5) is 11.4 Å². The number of hydrogen-bond donors (Lipinski definition) is 2. The molecule has 0 spiro atoms. The van der Waals surface area contributed by atoms with Gasteiger partial charge in [0, 0.05) is 18.5 Å². The fraction of sp³-hybridized carbons (Fsp3) is 0. The van der Waals surface area contributed by atoms with Crippen LogP contribution in [0.1, 0.15) is 10.5 Å². The third kappa shape index (κ3) is 2.71. The zero-order valence-electron chi connectivity index (χ0n) is 11.3. The lowest BCUT2D eigenvalue weighted by Gasteiger charge is -2.05. The van der Waals surface area contributed by atoms with Crippen LogP contribution in [0.2, 0.25) is 0 Å². The minimum Gasteiger partial charge on any atom is -0.506 e. The standard InChI is InChI=1S/C13H8BrN5O4/c14-10-11(17-18-5-1-4-15-12(10)18)13(21)16-8-3-2-7(19(22)23)6-9(8)20/h1-6,20H,(H,16,21). The predicted octanol–water partition coefficient (Wildman–Crippen LogP) is 2.36. The van der Waals surface area contributed by atoms with E-state index in [1.807, 2.05) is 0 Å². The average molecular weight is 378 g/mol. The molecular weight excluding hydrogens is 370 g/mol.